The number of rotatable bonds is 7. The van der Waals surface area contributed by atoms with Crippen LogP contribution < -0.4 is 11.6 Å². The van der Waals surface area contributed by atoms with E-state index in [9.17, 15) is 0 Å². The molecule has 3 nitrogen and oxygen atoms in total. The topological polar surface area (TPSA) is 64.4 Å². The Hall–Kier alpha value is -0.380. The van der Waals surface area contributed by atoms with Crippen molar-refractivity contribution in [2.24, 2.45) is 16.7 Å². The Balaban J connectivity index is 3.00. The normalized spacial score (nSPS) is 11.9. The van der Waals surface area contributed by atoms with Crippen LogP contribution in [0.3, 0.4) is 0 Å². The van der Waals surface area contributed by atoms with Crippen LogP contribution in [-0.4, -0.2) is 10.9 Å². The lowest BCUT2D eigenvalue weighted by atomic mass is 10.1. The van der Waals surface area contributed by atoms with Gasteiger partial charge in [0.1, 0.15) is 0 Å². The molecule has 0 amide bonds. The van der Waals surface area contributed by atoms with Crippen LogP contribution in [0.2, 0.25) is 0 Å². The molecule has 0 spiro atoms. The first-order valence-electron chi connectivity index (χ1n) is 4.97. The summed E-state index contributed by atoms with van der Waals surface area (Å²) >= 11 is 1.54. The van der Waals surface area contributed by atoms with Crippen LogP contribution in [0.25, 0.3) is 0 Å². The third-order valence-electron chi connectivity index (χ3n) is 1.88. The Bertz CT molecular complexity index is 137. The fourth-order valence-electron chi connectivity index (χ4n) is 1.10. The first-order valence-corrected chi connectivity index (χ1v) is 5.96. The second-order valence-corrected chi connectivity index (χ2v) is 4.20. The summed E-state index contributed by atoms with van der Waals surface area (Å²) in [6.07, 6.45) is 7.88. The van der Waals surface area contributed by atoms with E-state index in [0.717, 1.165) is 5.75 Å². The lowest BCUT2D eigenvalue weighted by Crippen LogP contribution is -2.09. The first kappa shape index (κ1) is 12.6. The van der Waals surface area contributed by atoms with Gasteiger partial charge in [0, 0.05) is 5.75 Å². The summed E-state index contributed by atoms with van der Waals surface area (Å²) < 4.78 is 0. The minimum atomic E-state index is 0.494. The SMILES string of the molecule is CCCCCCCCSC(N)=NN. The molecule has 0 aromatic carbocycles. The largest absolute Gasteiger partial charge is 0.377 e. The zero-order valence-corrected chi connectivity index (χ0v) is 9.28. The summed E-state index contributed by atoms with van der Waals surface area (Å²) in [4.78, 5) is 0. The fourth-order valence-corrected chi connectivity index (χ4v) is 1.73. The molecule has 0 rings (SSSR count). The molecule has 0 aliphatic rings. The first-order chi connectivity index (χ1) is 6.31. The van der Waals surface area contributed by atoms with Crippen molar-refractivity contribution in [3.63, 3.8) is 0 Å². The molecule has 0 unspecified atom stereocenters. The maximum Gasteiger partial charge on any atom is 0.177 e. The molecule has 0 aliphatic carbocycles. The molecular formula is C9H21N3S. The maximum atomic E-state index is 5.42. The Labute approximate surface area is 85.3 Å². The van der Waals surface area contributed by atoms with Gasteiger partial charge in [-0.05, 0) is 6.42 Å². The second-order valence-electron chi connectivity index (χ2n) is 3.08. The Morgan fingerprint density at radius 3 is 2.38 bits per heavy atom. The predicted octanol–water partition coefficient (Wildman–Crippen LogP) is 2.27. The summed E-state index contributed by atoms with van der Waals surface area (Å²) in [6.45, 7) is 2.23. The number of nitrogens with zero attached hydrogens (tertiary/aromatic N) is 1. The molecule has 0 saturated heterocycles. The van der Waals surface area contributed by atoms with Gasteiger partial charge in [0.25, 0.3) is 0 Å². The smallest absolute Gasteiger partial charge is 0.177 e. The lowest BCUT2D eigenvalue weighted by molar-refractivity contribution is 0.627. The number of hydrazone groups is 1. The van der Waals surface area contributed by atoms with Crippen LogP contribution in [0, 0.1) is 0 Å². The van der Waals surface area contributed by atoms with Crippen molar-refractivity contribution >= 4 is 16.9 Å². The van der Waals surface area contributed by atoms with Crippen LogP contribution in [0.15, 0.2) is 5.10 Å². The van der Waals surface area contributed by atoms with Crippen LogP contribution in [-0.2, 0) is 0 Å². The number of hydrogen-bond acceptors (Lipinski definition) is 3. The van der Waals surface area contributed by atoms with Crippen molar-refractivity contribution in [3.8, 4) is 0 Å². The molecule has 0 saturated carbocycles. The van der Waals surface area contributed by atoms with E-state index in [2.05, 4.69) is 12.0 Å². The fraction of sp³-hybridized carbons (Fsp3) is 0.889. The van der Waals surface area contributed by atoms with E-state index in [1.165, 1.54) is 38.5 Å². The van der Waals surface area contributed by atoms with Gasteiger partial charge < -0.3 is 11.6 Å². The third kappa shape index (κ3) is 9.53. The predicted molar refractivity (Wildman–Crippen MR) is 61.6 cm³/mol. The Morgan fingerprint density at radius 1 is 1.15 bits per heavy atom. The van der Waals surface area contributed by atoms with Crippen LogP contribution in [0.4, 0.5) is 0 Å². The van der Waals surface area contributed by atoms with Gasteiger partial charge in [0.15, 0.2) is 5.17 Å². The summed E-state index contributed by atoms with van der Waals surface area (Å²) in [5.74, 6) is 6.03. The molecule has 78 valence electrons. The average Bonchev–Trinajstić information content (AvgIpc) is 2.16. The van der Waals surface area contributed by atoms with Gasteiger partial charge in [-0.25, -0.2) is 0 Å². The maximum absolute atomic E-state index is 5.42. The van der Waals surface area contributed by atoms with Crippen LogP contribution in [0.1, 0.15) is 45.4 Å². The highest BCUT2D eigenvalue weighted by Gasteiger charge is 1.93. The monoisotopic (exact) mass is 203 g/mol. The van der Waals surface area contributed by atoms with Crippen molar-refractivity contribution in [3.05, 3.63) is 0 Å². The van der Waals surface area contributed by atoms with E-state index in [-0.39, 0.29) is 0 Å². The molecule has 4 heteroatoms. The van der Waals surface area contributed by atoms with Gasteiger partial charge in [-0.2, -0.15) is 5.10 Å². The van der Waals surface area contributed by atoms with Gasteiger partial charge >= 0.3 is 0 Å². The molecule has 4 N–H and O–H groups in total. The van der Waals surface area contributed by atoms with Crippen molar-refractivity contribution < 1.29 is 0 Å². The highest BCUT2D eigenvalue weighted by Crippen LogP contribution is 2.09. The molecular weight excluding hydrogens is 182 g/mol. The molecule has 0 aromatic heterocycles. The molecule has 0 heterocycles. The van der Waals surface area contributed by atoms with E-state index in [0.29, 0.717) is 5.17 Å². The number of nitrogens with two attached hydrogens (primary N) is 2. The standard InChI is InChI=1S/C9H21N3S/c1-2-3-4-5-6-7-8-13-9(10)12-11/h2-8,11H2,1H3,(H2,10,12). The number of hydrogen-bond donors (Lipinski definition) is 2. The molecule has 13 heavy (non-hydrogen) atoms. The average molecular weight is 203 g/mol. The number of unbranched alkanes of at least 4 members (excludes halogenated alkanes) is 5. The van der Waals surface area contributed by atoms with Crippen molar-refractivity contribution in [1.82, 2.24) is 0 Å². The highest BCUT2D eigenvalue weighted by molar-refractivity contribution is 8.13. The molecule has 0 atom stereocenters. The second kappa shape index (κ2) is 9.71. The van der Waals surface area contributed by atoms with Gasteiger partial charge in [-0.1, -0.05) is 50.8 Å². The number of thioether (sulfide) groups is 1. The van der Waals surface area contributed by atoms with Crippen molar-refractivity contribution in [1.29, 1.82) is 0 Å². The quantitative estimate of drug-likeness (QED) is 0.219. The Morgan fingerprint density at radius 2 is 1.77 bits per heavy atom. The minimum Gasteiger partial charge on any atom is -0.377 e. The van der Waals surface area contributed by atoms with Crippen LogP contribution in [0.5, 0.6) is 0 Å². The third-order valence-corrected chi connectivity index (χ3v) is 2.77. The lowest BCUT2D eigenvalue weighted by Gasteiger charge is -2.00. The Kier molecular flexibility index (Phi) is 9.42. The van der Waals surface area contributed by atoms with Crippen LogP contribution >= 0.6 is 11.8 Å². The summed E-state index contributed by atoms with van der Waals surface area (Å²) in [7, 11) is 0. The number of amidine groups is 1. The molecule has 0 aromatic rings. The van der Waals surface area contributed by atoms with Gasteiger partial charge in [0.2, 0.25) is 0 Å². The van der Waals surface area contributed by atoms with E-state index in [1.54, 1.807) is 11.8 Å². The van der Waals surface area contributed by atoms with E-state index in [4.69, 9.17) is 11.6 Å². The zero-order chi connectivity index (χ0) is 9.94. The van der Waals surface area contributed by atoms with Gasteiger partial charge in [-0.3, -0.25) is 0 Å². The molecule has 0 fully saturated rings. The van der Waals surface area contributed by atoms with Crippen molar-refractivity contribution in [2.75, 3.05) is 5.75 Å². The van der Waals surface area contributed by atoms with E-state index < -0.39 is 0 Å². The summed E-state index contributed by atoms with van der Waals surface area (Å²) in [5, 5.41) is 3.89. The highest BCUT2D eigenvalue weighted by atomic mass is 32.2. The summed E-state index contributed by atoms with van der Waals surface area (Å²) in [5.41, 5.74) is 5.42. The molecule has 0 aliphatic heterocycles. The summed E-state index contributed by atoms with van der Waals surface area (Å²) in [6, 6.07) is 0. The van der Waals surface area contributed by atoms with E-state index in [1.807, 2.05) is 0 Å². The zero-order valence-electron chi connectivity index (χ0n) is 8.46. The molecule has 0 radical (unpaired) electrons. The van der Waals surface area contributed by atoms with E-state index >= 15 is 0 Å². The van der Waals surface area contributed by atoms with Gasteiger partial charge in [0.05, 0.1) is 0 Å². The minimum absolute atomic E-state index is 0.494. The molecule has 0 bridgehead atoms. The van der Waals surface area contributed by atoms with Crippen molar-refractivity contribution in [2.45, 2.75) is 45.4 Å². The van der Waals surface area contributed by atoms with Gasteiger partial charge in [-0.15, -0.1) is 0 Å².